The Morgan fingerprint density at radius 2 is 2.41 bits per heavy atom. The molecule has 17 heavy (non-hydrogen) atoms. The Bertz CT molecular complexity index is 385. The van der Waals surface area contributed by atoms with Gasteiger partial charge in [0, 0.05) is 19.8 Å². The molecule has 0 atom stereocenters. The SMILES string of the molecule is CCOCCCNc1nc(N)ncc1[N+](=O)[O-]. The summed E-state index contributed by atoms with van der Waals surface area (Å²) in [5.74, 6) is 0.141. The number of nitrogens with one attached hydrogen (secondary N) is 1. The second-order valence-corrected chi connectivity index (χ2v) is 3.20. The molecule has 8 heteroatoms. The van der Waals surface area contributed by atoms with Crippen molar-refractivity contribution in [1.82, 2.24) is 9.97 Å². The molecule has 0 amide bonds. The van der Waals surface area contributed by atoms with Gasteiger partial charge in [0.25, 0.3) is 0 Å². The largest absolute Gasteiger partial charge is 0.382 e. The summed E-state index contributed by atoms with van der Waals surface area (Å²) in [6.45, 7) is 3.68. The van der Waals surface area contributed by atoms with Crippen molar-refractivity contribution in [1.29, 1.82) is 0 Å². The normalized spacial score (nSPS) is 10.2. The molecule has 3 N–H and O–H groups in total. The first kappa shape index (κ1) is 13.1. The van der Waals surface area contributed by atoms with Gasteiger partial charge < -0.3 is 15.8 Å². The number of nitrogens with zero attached hydrogens (tertiary/aromatic N) is 3. The van der Waals surface area contributed by atoms with Gasteiger partial charge in [0.15, 0.2) is 0 Å². The van der Waals surface area contributed by atoms with Crippen LogP contribution in [0.1, 0.15) is 13.3 Å². The maximum atomic E-state index is 10.7. The minimum absolute atomic E-state index is 0.00269. The number of hydrogen-bond donors (Lipinski definition) is 2. The van der Waals surface area contributed by atoms with Crippen molar-refractivity contribution in [2.45, 2.75) is 13.3 Å². The molecular weight excluding hydrogens is 226 g/mol. The Morgan fingerprint density at radius 1 is 1.65 bits per heavy atom. The van der Waals surface area contributed by atoms with Crippen molar-refractivity contribution in [2.24, 2.45) is 0 Å². The quantitative estimate of drug-likeness (QED) is 0.412. The first-order valence-corrected chi connectivity index (χ1v) is 5.23. The highest BCUT2D eigenvalue weighted by Gasteiger charge is 2.15. The lowest BCUT2D eigenvalue weighted by molar-refractivity contribution is -0.384. The van der Waals surface area contributed by atoms with Crippen LogP contribution in [0.25, 0.3) is 0 Å². The summed E-state index contributed by atoms with van der Waals surface area (Å²) in [5, 5.41) is 13.5. The van der Waals surface area contributed by atoms with Crippen LogP contribution in [0.4, 0.5) is 17.5 Å². The Hall–Kier alpha value is -1.96. The molecule has 0 saturated heterocycles. The highest BCUT2D eigenvalue weighted by molar-refractivity contribution is 5.56. The molecule has 1 aromatic heterocycles. The van der Waals surface area contributed by atoms with E-state index in [0.29, 0.717) is 19.8 Å². The zero-order valence-electron chi connectivity index (χ0n) is 9.55. The Labute approximate surface area is 98.4 Å². The van der Waals surface area contributed by atoms with E-state index < -0.39 is 4.92 Å². The van der Waals surface area contributed by atoms with Crippen molar-refractivity contribution in [3.8, 4) is 0 Å². The number of nitrogens with two attached hydrogens (primary N) is 1. The van der Waals surface area contributed by atoms with Crippen molar-refractivity contribution >= 4 is 17.5 Å². The Kier molecular flexibility index (Phi) is 5.08. The minimum Gasteiger partial charge on any atom is -0.382 e. The van der Waals surface area contributed by atoms with E-state index in [-0.39, 0.29) is 17.5 Å². The number of aromatic nitrogens is 2. The predicted molar refractivity (Wildman–Crippen MR) is 62.7 cm³/mol. The molecule has 0 bridgehead atoms. The van der Waals surface area contributed by atoms with E-state index in [0.717, 1.165) is 12.6 Å². The molecule has 0 radical (unpaired) electrons. The number of hydrogen-bond acceptors (Lipinski definition) is 7. The van der Waals surface area contributed by atoms with Gasteiger partial charge in [0.1, 0.15) is 6.20 Å². The molecule has 0 aliphatic rings. The maximum Gasteiger partial charge on any atom is 0.329 e. The topological polar surface area (TPSA) is 116 Å². The summed E-state index contributed by atoms with van der Waals surface area (Å²) in [7, 11) is 0. The van der Waals surface area contributed by atoms with Crippen LogP contribution in [0.5, 0.6) is 0 Å². The van der Waals surface area contributed by atoms with E-state index in [4.69, 9.17) is 10.5 Å². The van der Waals surface area contributed by atoms with Gasteiger partial charge in [-0.15, -0.1) is 0 Å². The predicted octanol–water partition coefficient (Wildman–Crippen LogP) is 0.806. The monoisotopic (exact) mass is 241 g/mol. The summed E-state index contributed by atoms with van der Waals surface area (Å²) in [5.41, 5.74) is 5.19. The summed E-state index contributed by atoms with van der Waals surface area (Å²) in [6.07, 6.45) is 1.82. The van der Waals surface area contributed by atoms with Crippen LogP contribution in [0.15, 0.2) is 6.20 Å². The minimum atomic E-state index is -0.551. The third-order valence-electron chi connectivity index (χ3n) is 1.95. The van der Waals surface area contributed by atoms with Gasteiger partial charge in [0.05, 0.1) is 4.92 Å². The van der Waals surface area contributed by atoms with Crippen LogP contribution in [-0.4, -0.2) is 34.6 Å². The van der Waals surface area contributed by atoms with Crippen molar-refractivity contribution in [3.05, 3.63) is 16.3 Å². The molecule has 0 saturated carbocycles. The Balaban J connectivity index is 2.56. The van der Waals surface area contributed by atoms with Gasteiger partial charge in [-0.25, -0.2) is 4.98 Å². The second-order valence-electron chi connectivity index (χ2n) is 3.20. The van der Waals surface area contributed by atoms with Crippen molar-refractivity contribution in [2.75, 3.05) is 30.8 Å². The fourth-order valence-electron chi connectivity index (χ4n) is 1.18. The van der Waals surface area contributed by atoms with E-state index in [1.54, 1.807) is 0 Å². The lowest BCUT2D eigenvalue weighted by Gasteiger charge is -2.06. The highest BCUT2D eigenvalue weighted by atomic mass is 16.6. The fraction of sp³-hybridized carbons (Fsp3) is 0.556. The first-order chi connectivity index (χ1) is 8.15. The van der Waals surface area contributed by atoms with Gasteiger partial charge in [-0.2, -0.15) is 4.98 Å². The van der Waals surface area contributed by atoms with Crippen LogP contribution >= 0.6 is 0 Å². The number of nitro groups is 1. The third kappa shape index (κ3) is 4.19. The van der Waals surface area contributed by atoms with Crippen molar-refractivity contribution < 1.29 is 9.66 Å². The molecule has 8 nitrogen and oxygen atoms in total. The molecule has 0 aromatic carbocycles. The molecule has 0 unspecified atom stereocenters. The molecule has 0 aliphatic heterocycles. The molecule has 1 aromatic rings. The molecule has 1 heterocycles. The zero-order valence-corrected chi connectivity index (χ0v) is 9.55. The molecule has 0 aliphatic carbocycles. The standard InChI is InChI=1S/C9H15N5O3/c1-2-17-5-3-4-11-8-7(14(15)16)6-12-9(10)13-8/h6H,2-5H2,1H3,(H3,10,11,12,13). The van der Waals surface area contributed by atoms with E-state index in [2.05, 4.69) is 15.3 Å². The summed E-state index contributed by atoms with van der Waals surface area (Å²) in [4.78, 5) is 17.5. The molecule has 0 spiro atoms. The molecule has 0 fully saturated rings. The Morgan fingerprint density at radius 3 is 3.06 bits per heavy atom. The lowest BCUT2D eigenvalue weighted by Crippen LogP contribution is -2.10. The van der Waals surface area contributed by atoms with Gasteiger partial charge in [-0.1, -0.05) is 0 Å². The average Bonchev–Trinajstić information content (AvgIpc) is 2.28. The molecular formula is C9H15N5O3. The second kappa shape index (κ2) is 6.59. The van der Waals surface area contributed by atoms with Gasteiger partial charge >= 0.3 is 5.69 Å². The zero-order chi connectivity index (χ0) is 12.7. The van der Waals surface area contributed by atoms with E-state index >= 15 is 0 Å². The van der Waals surface area contributed by atoms with Gasteiger partial charge in [-0.05, 0) is 13.3 Å². The van der Waals surface area contributed by atoms with Gasteiger partial charge in [-0.3, -0.25) is 10.1 Å². The number of nitrogen functional groups attached to an aromatic ring is 1. The van der Waals surface area contributed by atoms with Crippen LogP contribution in [0, 0.1) is 10.1 Å². The number of rotatable bonds is 7. The van der Waals surface area contributed by atoms with E-state index in [1.807, 2.05) is 6.92 Å². The van der Waals surface area contributed by atoms with Crippen LogP contribution in [0.2, 0.25) is 0 Å². The third-order valence-corrected chi connectivity index (χ3v) is 1.95. The summed E-state index contributed by atoms with van der Waals surface area (Å²) < 4.78 is 5.14. The number of anilines is 2. The van der Waals surface area contributed by atoms with Crippen LogP contribution < -0.4 is 11.1 Å². The smallest absolute Gasteiger partial charge is 0.329 e. The molecule has 94 valence electrons. The summed E-state index contributed by atoms with van der Waals surface area (Å²) >= 11 is 0. The molecule has 1 rings (SSSR count). The maximum absolute atomic E-state index is 10.7. The van der Waals surface area contributed by atoms with Gasteiger partial charge in [0.2, 0.25) is 11.8 Å². The first-order valence-electron chi connectivity index (χ1n) is 5.23. The average molecular weight is 241 g/mol. The van der Waals surface area contributed by atoms with E-state index in [1.165, 1.54) is 0 Å². The van der Waals surface area contributed by atoms with E-state index in [9.17, 15) is 10.1 Å². The highest BCUT2D eigenvalue weighted by Crippen LogP contribution is 2.20. The van der Waals surface area contributed by atoms with Crippen LogP contribution in [-0.2, 0) is 4.74 Å². The lowest BCUT2D eigenvalue weighted by atomic mass is 10.4. The van der Waals surface area contributed by atoms with Crippen molar-refractivity contribution in [3.63, 3.8) is 0 Å². The van der Waals surface area contributed by atoms with Crippen LogP contribution in [0.3, 0.4) is 0 Å². The fourth-order valence-corrected chi connectivity index (χ4v) is 1.18. The number of ether oxygens (including phenoxy) is 1. The summed E-state index contributed by atoms with van der Waals surface area (Å²) in [6, 6.07) is 0.